The topological polar surface area (TPSA) is 3.24 Å². The van der Waals surface area contributed by atoms with Gasteiger partial charge in [0.2, 0.25) is 0 Å². The highest BCUT2D eigenvalue weighted by atomic mass is 15.1. The summed E-state index contributed by atoms with van der Waals surface area (Å²) in [6.07, 6.45) is 0. The second-order valence-corrected chi connectivity index (χ2v) is 19.1. The Balaban J connectivity index is 1.13. The summed E-state index contributed by atoms with van der Waals surface area (Å²) in [6.45, 7) is 14.1. The minimum absolute atomic E-state index is 0.0623. The van der Waals surface area contributed by atoms with Gasteiger partial charge in [0, 0.05) is 27.8 Å². The molecule has 0 amide bonds. The average Bonchev–Trinajstić information content (AvgIpc) is 3.70. The van der Waals surface area contributed by atoms with Gasteiger partial charge < -0.3 is 4.90 Å². The van der Waals surface area contributed by atoms with Gasteiger partial charge in [-0.3, -0.25) is 0 Å². The molecule has 0 radical (unpaired) electrons. The van der Waals surface area contributed by atoms with Gasteiger partial charge in [0.25, 0.3) is 0 Å². The maximum atomic E-state index is 2.50. The number of para-hydroxylation sites is 1. The number of benzene rings is 9. The molecular weight excluding hydrogens is 747 g/mol. The van der Waals surface area contributed by atoms with Crippen LogP contribution in [0, 0.1) is 0 Å². The summed E-state index contributed by atoms with van der Waals surface area (Å²) in [6, 6.07) is 74.9. The van der Waals surface area contributed by atoms with Crippen LogP contribution in [-0.2, 0) is 16.2 Å². The van der Waals surface area contributed by atoms with Gasteiger partial charge in [-0.05, 0) is 126 Å². The zero-order valence-electron chi connectivity index (χ0n) is 36.5. The Morgan fingerprint density at radius 2 is 1.00 bits per heavy atom. The first-order chi connectivity index (χ1) is 30.0. The van der Waals surface area contributed by atoms with Crippen LogP contribution in [0.5, 0.6) is 0 Å². The van der Waals surface area contributed by atoms with Gasteiger partial charge in [-0.2, -0.15) is 0 Å². The Hall–Kier alpha value is -6.96. The average molecular weight is 798 g/mol. The van der Waals surface area contributed by atoms with Crippen LogP contribution in [0.25, 0.3) is 55.3 Å². The van der Waals surface area contributed by atoms with Crippen LogP contribution in [0.1, 0.15) is 74.9 Å². The third kappa shape index (κ3) is 5.75. The first kappa shape index (κ1) is 38.0. The largest absolute Gasteiger partial charge is 0.310 e. The number of fused-ring (bicyclic) bond motifs is 7. The first-order valence-corrected chi connectivity index (χ1v) is 22.1. The lowest BCUT2D eigenvalue weighted by atomic mass is 9.74. The molecule has 0 heterocycles. The minimum Gasteiger partial charge on any atom is -0.310 e. The van der Waals surface area contributed by atoms with Gasteiger partial charge in [-0.1, -0.05) is 204 Å². The predicted molar refractivity (Wildman–Crippen MR) is 263 cm³/mol. The molecule has 0 saturated carbocycles. The maximum absolute atomic E-state index is 2.50. The van der Waals surface area contributed by atoms with E-state index in [4.69, 9.17) is 0 Å². The molecule has 11 rings (SSSR count). The standard InChI is InChI=1S/C61H51N/c1-59(2,3)43-32-36-52-55(38-43)60(4,5)54-28-17-26-51(58(52)54)50-24-13-15-29-57(50)62(44-33-30-41(31-34-44)47-25-16-19-40-18-10-11-22-46(40)47)45-35-37-49-48-23-12-14-27-53(48)61(6,56(49)39-45)42-20-8-7-9-21-42/h7-39H,1-6H3. The highest BCUT2D eigenvalue weighted by Gasteiger charge is 2.42. The fourth-order valence-corrected chi connectivity index (χ4v) is 10.8. The molecule has 0 bridgehead atoms. The number of rotatable bonds is 6. The normalized spacial score (nSPS) is 15.8. The molecule has 9 aromatic carbocycles. The number of hydrogen-bond donors (Lipinski definition) is 0. The van der Waals surface area contributed by atoms with E-state index in [0.29, 0.717) is 0 Å². The maximum Gasteiger partial charge on any atom is 0.0540 e. The molecule has 0 N–H and O–H groups in total. The number of nitrogens with zero attached hydrogens (tertiary/aromatic N) is 1. The van der Waals surface area contributed by atoms with Gasteiger partial charge in [0.05, 0.1) is 5.69 Å². The summed E-state index contributed by atoms with van der Waals surface area (Å²) < 4.78 is 0. The van der Waals surface area contributed by atoms with Crippen molar-refractivity contribution < 1.29 is 0 Å². The summed E-state index contributed by atoms with van der Waals surface area (Å²) in [4.78, 5) is 2.50. The molecule has 0 spiro atoms. The number of anilines is 3. The van der Waals surface area contributed by atoms with Crippen LogP contribution in [-0.4, -0.2) is 0 Å². The lowest BCUT2D eigenvalue weighted by molar-refractivity contribution is 0.584. The Morgan fingerprint density at radius 3 is 1.81 bits per heavy atom. The smallest absolute Gasteiger partial charge is 0.0540 e. The Bertz CT molecular complexity index is 3190. The fraction of sp³-hybridized carbons (Fsp3) is 0.148. The van der Waals surface area contributed by atoms with E-state index in [0.717, 1.165) is 17.1 Å². The van der Waals surface area contributed by atoms with Gasteiger partial charge in [0.15, 0.2) is 0 Å². The van der Waals surface area contributed by atoms with E-state index < -0.39 is 0 Å². The lowest BCUT2D eigenvalue weighted by Crippen LogP contribution is -2.22. The monoisotopic (exact) mass is 797 g/mol. The SMILES string of the molecule is CC(C)(C)c1ccc2c(c1)C(C)(C)c1cccc(-c3ccccc3N(c3ccc(-c4cccc5ccccc45)cc3)c3ccc4c(c3)C(C)(c3ccccc3)c3ccccc3-4)c1-2. The quantitative estimate of drug-likeness (QED) is 0.162. The highest BCUT2D eigenvalue weighted by Crippen LogP contribution is 2.56. The predicted octanol–water partition coefficient (Wildman–Crippen LogP) is 16.6. The summed E-state index contributed by atoms with van der Waals surface area (Å²) in [5.74, 6) is 0. The molecule has 62 heavy (non-hydrogen) atoms. The zero-order chi connectivity index (χ0) is 42.4. The Kier molecular flexibility index (Phi) is 8.61. The van der Waals surface area contributed by atoms with Gasteiger partial charge in [-0.25, -0.2) is 0 Å². The summed E-state index contributed by atoms with van der Waals surface area (Å²) in [5.41, 5.74) is 21.3. The van der Waals surface area contributed by atoms with E-state index in [1.165, 1.54) is 88.7 Å². The summed E-state index contributed by atoms with van der Waals surface area (Å²) >= 11 is 0. The van der Waals surface area contributed by atoms with E-state index in [1.807, 2.05) is 0 Å². The molecule has 1 heteroatoms. The van der Waals surface area contributed by atoms with Crippen LogP contribution in [0.2, 0.25) is 0 Å². The van der Waals surface area contributed by atoms with Crippen molar-refractivity contribution in [2.24, 2.45) is 0 Å². The first-order valence-electron chi connectivity index (χ1n) is 22.1. The molecule has 0 aromatic heterocycles. The van der Waals surface area contributed by atoms with Crippen LogP contribution in [0.15, 0.2) is 200 Å². The van der Waals surface area contributed by atoms with Crippen molar-refractivity contribution in [3.63, 3.8) is 0 Å². The van der Waals surface area contributed by atoms with Crippen LogP contribution < -0.4 is 4.90 Å². The van der Waals surface area contributed by atoms with E-state index in [2.05, 4.69) is 247 Å². The van der Waals surface area contributed by atoms with Crippen LogP contribution in [0.4, 0.5) is 17.1 Å². The molecule has 2 aliphatic carbocycles. The molecule has 0 saturated heterocycles. The van der Waals surface area contributed by atoms with Crippen molar-refractivity contribution in [3.8, 4) is 44.5 Å². The van der Waals surface area contributed by atoms with E-state index in [9.17, 15) is 0 Å². The minimum atomic E-state index is -0.325. The van der Waals surface area contributed by atoms with Gasteiger partial charge in [0.1, 0.15) is 0 Å². The molecule has 1 nitrogen and oxygen atoms in total. The molecule has 0 fully saturated rings. The Labute approximate surface area is 367 Å². The van der Waals surface area contributed by atoms with Gasteiger partial charge in [-0.15, -0.1) is 0 Å². The van der Waals surface area contributed by atoms with Crippen molar-refractivity contribution in [3.05, 3.63) is 234 Å². The second-order valence-electron chi connectivity index (χ2n) is 19.1. The van der Waals surface area contributed by atoms with Crippen molar-refractivity contribution in [1.82, 2.24) is 0 Å². The molecule has 1 unspecified atom stereocenters. The van der Waals surface area contributed by atoms with Crippen LogP contribution in [0.3, 0.4) is 0 Å². The van der Waals surface area contributed by atoms with Crippen molar-refractivity contribution in [2.75, 3.05) is 4.90 Å². The van der Waals surface area contributed by atoms with Crippen molar-refractivity contribution >= 4 is 27.8 Å². The molecule has 1 atom stereocenters. The number of hydrogen-bond acceptors (Lipinski definition) is 1. The lowest BCUT2D eigenvalue weighted by Gasteiger charge is -2.32. The molecule has 9 aromatic rings. The second kappa shape index (κ2) is 14.0. The molecule has 2 aliphatic rings. The fourth-order valence-electron chi connectivity index (χ4n) is 10.8. The van der Waals surface area contributed by atoms with Crippen molar-refractivity contribution in [1.29, 1.82) is 0 Å². The van der Waals surface area contributed by atoms with E-state index >= 15 is 0 Å². The highest BCUT2D eigenvalue weighted by molar-refractivity contribution is 6.00. The summed E-state index contributed by atoms with van der Waals surface area (Å²) in [7, 11) is 0. The zero-order valence-corrected chi connectivity index (χ0v) is 36.5. The molecule has 0 aliphatic heterocycles. The van der Waals surface area contributed by atoms with Gasteiger partial charge >= 0.3 is 0 Å². The van der Waals surface area contributed by atoms with E-state index in [1.54, 1.807) is 0 Å². The molecule has 300 valence electrons. The summed E-state index contributed by atoms with van der Waals surface area (Å²) in [5, 5.41) is 2.51. The third-order valence-electron chi connectivity index (χ3n) is 14.1. The van der Waals surface area contributed by atoms with Crippen molar-refractivity contribution in [2.45, 2.75) is 57.8 Å². The van der Waals surface area contributed by atoms with E-state index in [-0.39, 0.29) is 16.2 Å². The third-order valence-corrected chi connectivity index (χ3v) is 14.1. The van der Waals surface area contributed by atoms with Crippen LogP contribution >= 0.6 is 0 Å². The Morgan fingerprint density at radius 1 is 0.403 bits per heavy atom. The molecular formula is C61H51N.